The molecule has 1 aliphatic rings. The van der Waals surface area contributed by atoms with Crippen LogP contribution in [-0.2, 0) is 19.4 Å². The van der Waals surface area contributed by atoms with E-state index in [-0.39, 0.29) is 5.95 Å². The quantitative estimate of drug-likeness (QED) is 0.782. The Morgan fingerprint density at radius 2 is 1.88 bits per heavy atom. The minimum Gasteiger partial charge on any atom is -0.473 e. The smallest absolute Gasteiger partial charge is 0.219 e. The number of aryl methyl sites for hydroxylation is 1. The number of hydrogen-bond acceptors (Lipinski definition) is 6. The third-order valence-electron chi connectivity index (χ3n) is 4.48. The molecule has 0 bridgehead atoms. The molecule has 2 N–H and O–H groups in total. The molecular weight excluding hydrogens is 326 g/mol. The molecule has 0 unspecified atom stereocenters. The fourth-order valence-electron chi connectivity index (χ4n) is 3.16. The van der Waals surface area contributed by atoms with Gasteiger partial charge in [0, 0.05) is 29.7 Å². The minimum atomic E-state index is 0.261. The summed E-state index contributed by atoms with van der Waals surface area (Å²) in [7, 11) is 0. The number of aromatic nitrogens is 3. The van der Waals surface area contributed by atoms with Crippen LogP contribution in [0.5, 0.6) is 5.88 Å². The molecule has 3 aromatic rings. The SMILES string of the molecule is N#Cc1ccc(COc2cc(-c3cnc(N)nc3)c3c(n2)CCC3)cc1. The van der Waals surface area contributed by atoms with Crippen molar-refractivity contribution in [2.45, 2.75) is 25.9 Å². The number of fused-ring (bicyclic) bond motifs is 1. The summed E-state index contributed by atoms with van der Waals surface area (Å²) in [5.41, 5.74) is 11.5. The number of nitriles is 1. The summed E-state index contributed by atoms with van der Waals surface area (Å²) in [6.45, 7) is 0.398. The van der Waals surface area contributed by atoms with Gasteiger partial charge in [-0.25, -0.2) is 15.0 Å². The van der Waals surface area contributed by atoms with Crippen molar-refractivity contribution >= 4 is 5.95 Å². The number of rotatable bonds is 4. The van der Waals surface area contributed by atoms with E-state index in [2.05, 4.69) is 21.0 Å². The number of ether oxygens (including phenoxy) is 1. The van der Waals surface area contributed by atoms with Crippen LogP contribution in [0.1, 0.15) is 28.8 Å². The lowest BCUT2D eigenvalue weighted by Gasteiger charge is -2.12. The maximum absolute atomic E-state index is 8.87. The summed E-state index contributed by atoms with van der Waals surface area (Å²) in [5.74, 6) is 0.846. The predicted octanol–water partition coefficient (Wildman–Crippen LogP) is 3.06. The number of nitrogen functional groups attached to an aromatic ring is 1. The molecule has 0 spiro atoms. The molecule has 1 aliphatic carbocycles. The molecule has 6 heteroatoms. The summed E-state index contributed by atoms with van der Waals surface area (Å²) >= 11 is 0. The van der Waals surface area contributed by atoms with E-state index in [1.807, 2.05) is 18.2 Å². The first-order valence-corrected chi connectivity index (χ1v) is 8.45. The lowest BCUT2D eigenvalue weighted by atomic mass is 10.0. The van der Waals surface area contributed by atoms with E-state index in [1.54, 1.807) is 24.5 Å². The normalized spacial score (nSPS) is 12.4. The Bertz CT molecular complexity index is 975. The van der Waals surface area contributed by atoms with Crippen LogP contribution >= 0.6 is 0 Å². The molecule has 0 aliphatic heterocycles. The molecule has 0 fully saturated rings. The Labute approximate surface area is 151 Å². The molecule has 0 atom stereocenters. The van der Waals surface area contributed by atoms with Gasteiger partial charge in [0.25, 0.3) is 0 Å². The molecule has 6 nitrogen and oxygen atoms in total. The summed E-state index contributed by atoms with van der Waals surface area (Å²) < 4.78 is 5.92. The van der Waals surface area contributed by atoms with Crippen molar-refractivity contribution in [2.24, 2.45) is 0 Å². The molecule has 2 aromatic heterocycles. The van der Waals surface area contributed by atoms with E-state index in [9.17, 15) is 0 Å². The van der Waals surface area contributed by atoms with Gasteiger partial charge in [0.05, 0.1) is 11.6 Å². The first-order valence-electron chi connectivity index (χ1n) is 8.45. The number of pyridine rings is 1. The Morgan fingerprint density at radius 3 is 2.62 bits per heavy atom. The van der Waals surface area contributed by atoms with Gasteiger partial charge in [-0.3, -0.25) is 0 Å². The Morgan fingerprint density at radius 1 is 1.12 bits per heavy atom. The van der Waals surface area contributed by atoms with Gasteiger partial charge in [-0.1, -0.05) is 12.1 Å². The van der Waals surface area contributed by atoms with E-state index in [4.69, 9.17) is 15.7 Å². The third kappa shape index (κ3) is 3.20. The fourth-order valence-corrected chi connectivity index (χ4v) is 3.16. The largest absolute Gasteiger partial charge is 0.473 e. The van der Waals surface area contributed by atoms with Crippen molar-refractivity contribution in [3.8, 4) is 23.1 Å². The van der Waals surface area contributed by atoms with Crippen molar-refractivity contribution in [1.82, 2.24) is 15.0 Å². The second-order valence-electron chi connectivity index (χ2n) is 6.21. The molecule has 0 amide bonds. The molecule has 2 heterocycles. The van der Waals surface area contributed by atoms with Gasteiger partial charge >= 0.3 is 0 Å². The molecule has 128 valence electrons. The Balaban J connectivity index is 1.61. The lowest BCUT2D eigenvalue weighted by molar-refractivity contribution is 0.293. The zero-order chi connectivity index (χ0) is 17.9. The van der Waals surface area contributed by atoms with Crippen LogP contribution < -0.4 is 10.5 Å². The zero-order valence-corrected chi connectivity index (χ0v) is 14.1. The van der Waals surface area contributed by atoms with Crippen LogP contribution in [0.25, 0.3) is 11.1 Å². The highest BCUT2D eigenvalue weighted by Gasteiger charge is 2.20. The number of nitrogens with two attached hydrogens (primary N) is 1. The third-order valence-corrected chi connectivity index (χ3v) is 4.48. The first-order chi connectivity index (χ1) is 12.7. The van der Waals surface area contributed by atoms with Crippen LogP contribution in [0.4, 0.5) is 5.95 Å². The molecule has 26 heavy (non-hydrogen) atoms. The highest BCUT2D eigenvalue weighted by atomic mass is 16.5. The molecule has 0 saturated heterocycles. The van der Waals surface area contributed by atoms with Crippen LogP contribution in [0.2, 0.25) is 0 Å². The number of nitrogens with zero attached hydrogens (tertiary/aromatic N) is 4. The Hall–Kier alpha value is -3.46. The lowest BCUT2D eigenvalue weighted by Crippen LogP contribution is -2.02. The van der Waals surface area contributed by atoms with E-state index in [0.717, 1.165) is 41.6 Å². The van der Waals surface area contributed by atoms with Gasteiger partial charge in [0.2, 0.25) is 11.8 Å². The van der Waals surface area contributed by atoms with E-state index < -0.39 is 0 Å². The van der Waals surface area contributed by atoms with Crippen molar-refractivity contribution in [3.05, 3.63) is 65.1 Å². The predicted molar refractivity (Wildman–Crippen MR) is 97.2 cm³/mol. The second-order valence-corrected chi connectivity index (χ2v) is 6.21. The van der Waals surface area contributed by atoms with E-state index in [1.165, 1.54) is 5.56 Å². The average Bonchev–Trinajstić information content (AvgIpc) is 3.15. The zero-order valence-electron chi connectivity index (χ0n) is 14.1. The van der Waals surface area contributed by atoms with E-state index >= 15 is 0 Å². The second kappa shape index (κ2) is 6.81. The number of anilines is 1. The minimum absolute atomic E-state index is 0.261. The highest BCUT2D eigenvalue weighted by molar-refractivity contribution is 5.69. The van der Waals surface area contributed by atoms with Gasteiger partial charge in [0.1, 0.15) is 6.61 Å². The number of hydrogen-bond donors (Lipinski definition) is 1. The monoisotopic (exact) mass is 343 g/mol. The van der Waals surface area contributed by atoms with Crippen molar-refractivity contribution in [2.75, 3.05) is 5.73 Å². The van der Waals surface area contributed by atoms with Crippen molar-refractivity contribution < 1.29 is 4.74 Å². The van der Waals surface area contributed by atoms with Gasteiger partial charge in [-0.05, 0) is 48.1 Å². The molecule has 1 aromatic carbocycles. The molecule has 0 saturated carbocycles. The molecule has 0 radical (unpaired) electrons. The van der Waals surface area contributed by atoms with Gasteiger partial charge < -0.3 is 10.5 Å². The fraction of sp³-hybridized carbons (Fsp3) is 0.200. The average molecular weight is 343 g/mol. The van der Waals surface area contributed by atoms with E-state index in [0.29, 0.717) is 18.1 Å². The summed E-state index contributed by atoms with van der Waals surface area (Å²) in [4.78, 5) is 12.9. The summed E-state index contributed by atoms with van der Waals surface area (Å²) in [6.07, 6.45) is 6.51. The standard InChI is InChI=1S/C20H17N5O/c21-9-13-4-6-14(7-5-13)12-26-19-8-17(15-10-23-20(22)24-11-15)16-2-1-3-18(16)25-19/h4-8,10-11H,1-3,12H2,(H2,22,23,24). The molecular formula is C20H17N5O. The van der Waals surface area contributed by atoms with Gasteiger partial charge in [-0.2, -0.15) is 5.26 Å². The summed E-state index contributed by atoms with van der Waals surface area (Å²) in [6, 6.07) is 11.4. The van der Waals surface area contributed by atoms with Crippen LogP contribution in [-0.4, -0.2) is 15.0 Å². The topological polar surface area (TPSA) is 97.7 Å². The first kappa shape index (κ1) is 16.0. The van der Waals surface area contributed by atoms with Crippen molar-refractivity contribution in [1.29, 1.82) is 5.26 Å². The maximum atomic E-state index is 8.87. The van der Waals surface area contributed by atoms with Crippen LogP contribution in [0.15, 0.2) is 42.7 Å². The maximum Gasteiger partial charge on any atom is 0.219 e. The number of benzene rings is 1. The van der Waals surface area contributed by atoms with Gasteiger partial charge in [-0.15, -0.1) is 0 Å². The van der Waals surface area contributed by atoms with Gasteiger partial charge in [0.15, 0.2) is 0 Å². The van der Waals surface area contributed by atoms with Crippen molar-refractivity contribution in [3.63, 3.8) is 0 Å². The van der Waals surface area contributed by atoms with Crippen LogP contribution in [0.3, 0.4) is 0 Å². The summed E-state index contributed by atoms with van der Waals surface area (Å²) in [5, 5.41) is 8.87. The highest BCUT2D eigenvalue weighted by Crippen LogP contribution is 2.34. The molecule has 4 rings (SSSR count). The Kier molecular flexibility index (Phi) is 4.20. The van der Waals surface area contributed by atoms with Crippen LogP contribution in [0, 0.1) is 11.3 Å².